The molecular weight excluding hydrogens is 551 g/mol. The van der Waals surface area contributed by atoms with E-state index in [0.717, 1.165) is 24.3 Å². The first-order valence-electron chi connectivity index (χ1n) is 12.5. The highest BCUT2D eigenvalue weighted by atomic mass is 32.2. The summed E-state index contributed by atoms with van der Waals surface area (Å²) >= 11 is 0. The Bertz CT molecular complexity index is 1630. The summed E-state index contributed by atoms with van der Waals surface area (Å²) in [7, 11) is -4.11. The Morgan fingerprint density at radius 1 is 0.756 bits per heavy atom. The second-order valence-electron chi connectivity index (χ2n) is 8.34. The van der Waals surface area contributed by atoms with Crippen LogP contribution < -0.4 is 14.2 Å². The maximum atomic E-state index is 13.4. The van der Waals surface area contributed by atoms with Crippen molar-refractivity contribution < 1.29 is 31.8 Å². The molecule has 0 fully saturated rings. The van der Waals surface area contributed by atoms with E-state index in [1.54, 1.807) is 62.4 Å². The number of nitrogens with one attached hydrogen (secondary N) is 3. The van der Waals surface area contributed by atoms with E-state index < -0.39 is 15.8 Å². The van der Waals surface area contributed by atoms with Crippen LogP contribution in [0.3, 0.4) is 0 Å². The fourth-order valence-electron chi connectivity index (χ4n) is 3.49. The van der Waals surface area contributed by atoms with Crippen LogP contribution in [0.2, 0.25) is 0 Å². The number of rotatable bonds is 11. The van der Waals surface area contributed by atoms with Gasteiger partial charge in [-0.05, 0) is 92.7 Å². The van der Waals surface area contributed by atoms with Gasteiger partial charge in [-0.3, -0.25) is 15.5 Å². The smallest absolute Gasteiger partial charge is 0.262 e. The van der Waals surface area contributed by atoms with Crippen LogP contribution >= 0.6 is 0 Å². The van der Waals surface area contributed by atoms with Crippen LogP contribution in [0.25, 0.3) is 0 Å². The second-order valence-corrected chi connectivity index (χ2v) is 10.0. The molecular formula is C29H27FN4O6S. The van der Waals surface area contributed by atoms with Crippen LogP contribution in [0.4, 0.5) is 10.1 Å². The van der Waals surface area contributed by atoms with E-state index in [1.807, 2.05) is 0 Å². The number of nitrogens with zero attached hydrogens (tertiary/aromatic N) is 1. The molecule has 0 bridgehead atoms. The number of halogens is 1. The molecule has 0 atom stereocenters. The lowest BCUT2D eigenvalue weighted by molar-refractivity contribution is 0.325. The molecule has 0 spiro atoms. The van der Waals surface area contributed by atoms with Gasteiger partial charge in [0.1, 0.15) is 23.0 Å². The summed E-state index contributed by atoms with van der Waals surface area (Å²) < 4.78 is 64.0. The topological polar surface area (TPSA) is 144 Å². The van der Waals surface area contributed by atoms with Gasteiger partial charge in [0.05, 0.1) is 18.1 Å². The van der Waals surface area contributed by atoms with E-state index in [1.165, 1.54) is 12.1 Å². The van der Waals surface area contributed by atoms with Gasteiger partial charge in [0.25, 0.3) is 10.0 Å². The third kappa shape index (κ3) is 7.57. The zero-order valence-electron chi connectivity index (χ0n) is 22.2. The van der Waals surface area contributed by atoms with Gasteiger partial charge in [-0.25, -0.2) is 12.8 Å². The van der Waals surface area contributed by atoms with Crippen molar-refractivity contribution in [2.45, 2.75) is 18.7 Å². The van der Waals surface area contributed by atoms with Gasteiger partial charge < -0.3 is 18.9 Å². The number of ether oxygens (including phenoxy) is 4. The highest BCUT2D eigenvalue weighted by molar-refractivity contribution is 7.92. The minimum absolute atomic E-state index is 0.00253. The highest BCUT2D eigenvalue weighted by Gasteiger charge is 2.19. The predicted octanol–water partition coefficient (Wildman–Crippen LogP) is 6.33. The standard InChI is InChI=1S/C29H27FN4O6S/c1-3-37-27(31)19-5-11-22(12-6-19)39-26-18-17-25(34-41(35,36)24-15-9-21(30)10-16-24)29(33-26)40-23-13-7-20(8-14-23)28(32)38-4-2/h5-18,31-32,34H,3-4H2,1-2H3. The first-order valence-corrected chi connectivity index (χ1v) is 14.0. The highest BCUT2D eigenvalue weighted by Crippen LogP contribution is 2.33. The van der Waals surface area contributed by atoms with Gasteiger partial charge >= 0.3 is 0 Å². The number of aromatic nitrogens is 1. The van der Waals surface area contributed by atoms with Crippen molar-refractivity contribution in [1.82, 2.24) is 4.98 Å². The number of pyridine rings is 1. The van der Waals surface area contributed by atoms with Gasteiger partial charge in [-0.15, -0.1) is 0 Å². The third-order valence-corrected chi connectivity index (χ3v) is 6.83. The molecule has 1 heterocycles. The van der Waals surface area contributed by atoms with Crippen molar-refractivity contribution in [1.29, 1.82) is 10.8 Å². The lowest BCUT2D eigenvalue weighted by atomic mass is 10.2. The minimum Gasteiger partial charge on any atom is -0.478 e. The molecule has 0 aliphatic rings. The molecule has 0 saturated carbocycles. The van der Waals surface area contributed by atoms with Crippen molar-refractivity contribution in [2.75, 3.05) is 17.9 Å². The first-order chi connectivity index (χ1) is 19.7. The van der Waals surface area contributed by atoms with E-state index >= 15 is 0 Å². The van der Waals surface area contributed by atoms with Gasteiger partial charge in [-0.1, -0.05) is 0 Å². The molecule has 41 heavy (non-hydrogen) atoms. The van der Waals surface area contributed by atoms with Gasteiger partial charge in [0.15, 0.2) is 0 Å². The number of hydrogen-bond acceptors (Lipinski definition) is 9. The largest absolute Gasteiger partial charge is 0.478 e. The van der Waals surface area contributed by atoms with Crippen LogP contribution in [-0.4, -0.2) is 38.4 Å². The Balaban J connectivity index is 1.63. The molecule has 0 saturated heterocycles. The Morgan fingerprint density at radius 3 is 1.78 bits per heavy atom. The summed E-state index contributed by atoms with van der Waals surface area (Å²) in [4.78, 5) is 4.21. The summed E-state index contributed by atoms with van der Waals surface area (Å²) in [6.07, 6.45) is 0. The van der Waals surface area contributed by atoms with E-state index in [2.05, 4.69) is 9.71 Å². The Morgan fingerprint density at radius 2 is 1.27 bits per heavy atom. The quantitative estimate of drug-likeness (QED) is 0.139. The lowest BCUT2D eigenvalue weighted by Crippen LogP contribution is -2.14. The lowest BCUT2D eigenvalue weighted by Gasteiger charge is -2.15. The minimum atomic E-state index is -4.11. The Labute approximate surface area is 236 Å². The van der Waals surface area contributed by atoms with Crippen molar-refractivity contribution in [3.05, 3.63) is 102 Å². The number of benzene rings is 3. The average Bonchev–Trinajstić information content (AvgIpc) is 2.95. The van der Waals surface area contributed by atoms with Gasteiger partial charge in [-0.2, -0.15) is 4.98 Å². The maximum absolute atomic E-state index is 13.4. The zero-order chi connectivity index (χ0) is 29.4. The first kappa shape index (κ1) is 29.0. The molecule has 0 amide bonds. The maximum Gasteiger partial charge on any atom is 0.262 e. The molecule has 12 heteroatoms. The number of sulfonamides is 1. The molecule has 212 valence electrons. The van der Waals surface area contributed by atoms with E-state index in [9.17, 15) is 12.8 Å². The van der Waals surface area contributed by atoms with E-state index in [4.69, 9.17) is 29.8 Å². The number of anilines is 1. The molecule has 3 N–H and O–H groups in total. The van der Waals surface area contributed by atoms with Crippen LogP contribution in [0.1, 0.15) is 25.0 Å². The Hall–Kier alpha value is -4.97. The molecule has 0 aliphatic carbocycles. The summed E-state index contributed by atoms with van der Waals surface area (Å²) in [5, 5.41) is 15.8. The fourth-order valence-corrected chi connectivity index (χ4v) is 4.55. The summed E-state index contributed by atoms with van der Waals surface area (Å²) in [5.41, 5.74) is 1.11. The SMILES string of the molecule is CCOC(=N)c1ccc(Oc2ccc(NS(=O)(=O)c3ccc(F)cc3)c(Oc3ccc(C(=N)OCC)cc3)n2)cc1. The van der Waals surface area contributed by atoms with Crippen molar-refractivity contribution in [2.24, 2.45) is 0 Å². The van der Waals surface area contributed by atoms with Crippen molar-refractivity contribution in [3.8, 4) is 23.3 Å². The Kier molecular flexibility index (Phi) is 9.15. The predicted molar refractivity (Wildman–Crippen MR) is 151 cm³/mol. The van der Waals surface area contributed by atoms with Gasteiger partial charge in [0.2, 0.25) is 23.6 Å². The molecule has 4 rings (SSSR count). The molecule has 1 aromatic heterocycles. The zero-order valence-corrected chi connectivity index (χ0v) is 23.0. The second kappa shape index (κ2) is 12.9. The molecule has 0 radical (unpaired) electrons. The monoisotopic (exact) mass is 578 g/mol. The summed E-state index contributed by atoms with van der Waals surface area (Å²) in [6.45, 7) is 4.30. The summed E-state index contributed by atoms with van der Waals surface area (Å²) in [6, 6.07) is 20.3. The van der Waals surface area contributed by atoms with Gasteiger partial charge in [0, 0.05) is 17.2 Å². The van der Waals surface area contributed by atoms with Crippen molar-refractivity contribution in [3.63, 3.8) is 0 Å². The van der Waals surface area contributed by atoms with E-state index in [-0.39, 0.29) is 34.1 Å². The molecule has 10 nitrogen and oxygen atoms in total. The molecule has 3 aromatic carbocycles. The van der Waals surface area contributed by atoms with Crippen LogP contribution in [-0.2, 0) is 19.5 Å². The number of hydrogen-bond donors (Lipinski definition) is 3. The van der Waals surface area contributed by atoms with Crippen LogP contribution in [0.5, 0.6) is 23.3 Å². The molecule has 0 aliphatic heterocycles. The fraction of sp³-hybridized carbons (Fsp3) is 0.138. The molecule has 0 unspecified atom stereocenters. The molecule has 4 aromatic rings. The van der Waals surface area contributed by atoms with E-state index in [0.29, 0.717) is 35.8 Å². The van der Waals surface area contributed by atoms with Crippen molar-refractivity contribution >= 4 is 27.5 Å². The van der Waals surface area contributed by atoms with Crippen LogP contribution in [0, 0.1) is 16.6 Å². The average molecular weight is 579 g/mol. The third-order valence-electron chi connectivity index (χ3n) is 5.45. The summed E-state index contributed by atoms with van der Waals surface area (Å²) in [5.74, 6) is 0.178. The normalized spacial score (nSPS) is 10.9. The van der Waals surface area contributed by atoms with Crippen LogP contribution in [0.15, 0.2) is 89.8 Å².